The van der Waals surface area contributed by atoms with E-state index in [1.54, 1.807) is 18.2 Å². The second kappa shape index (κ2) is 9.82. The lowest BCUT2D eigenvalue weighted by Crippen LogP contribution is -2.43. The minimum atomic E-state index is -3.69. The van der Waals surface area contributed by atoms with Crippen LogP contribution in [0.15, 0.2) is 47.8 Å². The van der Waals surface area contributed by atoms with Crippen molar-refractivity contribution in [2.45, 2.75) is 12.5 Å². The Balaban J connectivity index is 1.83. The maximum atomic E-state index is 12.6. The van der Waals surface area contributed by atoms with Crippen molar-refractivity contribution >= 4 is 78.2 Å². The SMILES string of the molecule is CS(=O)(=O)NC(=O)C(Cc1ccc(I)cc1)Nc1nc(-c2ccc(Cl)c(Cl)c2)cs1. The van der Waals surface area contributed by atoms with E-state index in [0.29, 0.717) is 27.3 Å². The van der Waals surface area contributed by atoms with Crippen LogP contribution in [0.1, 0.15) is 5.56 Å². The quantitative estimate of drug-likeness (QED) is 0.382. The van der Waals surface area contributed by atoms with Gasteiger partial charge in [-0.1, -0.05) is 41.4 Å². The van der Waals surface area contributed by atoms with Gasteiger partial charge >= 0.3 is 0 Å². The first-order chi connectivity index (χ1) is 14.1. The number of nitrogens with one attached hydrogen (secondary N) is 2. The molecule has 1 heterocycles. The van der Waals surface area contributed by atoms with Gasteiger partial charge in [-0.15, -0.1) is 11.3 Å². The summed E-state index contributed by atoms with van der Waals surface area (Å²) < 4.78 is 26.2. The molecule has 0 aliphatic heterocycles. The van der Waals surface area contributed by atoms with Crippen LogP contribution in [0, 0.1) is 3.57 Å². The van der Waals surface area contributed by atoms with Crippen LogP contribution < -0.4 is 10.0 Å². The molecule has 0 radical (unpaired) electrons. The first-order valence-electron chi connectivity index (χ1n) is 8.54. The number of rotatable bonds is 7. The van der Waals surface area contributed by atoms with Crippen molar-refractivity contribution in [1.82, 2.24) is 9.71 Å². The molecule has 0 saturated heterocycles. The normalized spacial score (nSPS) is 12.4. The van der Waals surface area contributed by atoms with Crippen LogP contribution >= 0.6 is 57.1 Å². The largest absolute Gasteiger partial charge is 0.349 e. The molecule has 2 aromatic carbocycles. The van der Waals surface area contributed by atoms with Gasteiger partial charge in [0.15, 0.2) is 5.13 Å². The number of thiazole rings is 1. The predicted molar refractivity (Wildman–Crippen MR) is 131 cm³/mol. The topological polar surface area (TPSA) is 88.2 Å². The molecule has 0 aliphatic rings. The minimum Gasteiger partial charge on any atom is -0.349 e. The Morgan fingerprint density at radius 1 is 1.17 bits per heavy atom. The van der Waals surface area contributed by atoms with Crippen LogP contribution in [0.5, 0.6) is 0 Å². The Labute approximate surface area is 202 Å². The van der Waals surface area contributed by atoms with E-state index in [1.807, 2.05) is 34.4 Å². The van der Waals surface area contributed by atoms with E-state index in [-0.39, 0.29) is 0 Å². The number of hydrogen-bond acceptors (Lipinski definition) is 6. The van der Waals surface area contributed by atoms with Gasteiger partial charge in [-0.3, -0.25) is 9.52 Å². The second-order valence-corrected chi connectivity index (χ2v) is 11.1. The third-order valence-electron chi connectivity index (χ3n) is 3.97. The van der Waals surface area contributed by atoms with Crippen molar-refractivity contribution in [3.05, 3.63) is 67.0 Å². The van der Waals surface area contributed by atoms with E-state index < -0.39 is 22.0 Å². The number of carbonyl (C=O) groups excluding carboxylic acids is 1. The van der Waals surface area contributed by atoms with Gasteiger partial charge in [0.25, 0.3) is 5.91 Å². The Bertz CT molecular complexity index is 1170. The molecule has 30 heavy (non-hydrogen) atoms. The molecule has 6 nitrogen and oxygen atoms in total. The van der Waals surface area contributed by atoms with Gasteiger partial charge in [0.05, 0.1) is 22.0 Å². The van der Waals surface area contributed by atoms with Crippen molar-refractivity contribution in [3.8, 4) is 11.3 Å². The highest BCUT2D eigenvalue weighted by Crippen LogP contribution is 2.30. The van der Waals surface area contributed by atoms with Crippen molar-refractivity contribution in [2.24, 2.45) is 0 Å². The maximum absolute atomic E-state index is 12.6. The fourth-order valence-corrected chi connectivity index (χ4v) is 4.54. The molecule has 0 fully saturated rings. The van der Waals surface area contributed by atoms with E-state index in [0.717, 1.165) is 21.0 Å². The summed E-state index contributed by atoms with van der Waals surface area (Å²) in [6.07, 6.45) is 1.23. The Kier molecular flexibility index (Phi) is 7.61. The highest BCUT2D eigenvalue weighted by Gasteiger charge is 2.23. The van der Waals surface area contributed by atoms with E-state index in [4.69, 9.17) is 23.2 Å². The first kappa shape index (κ1) is 23.3. The van der Waals surface area contributed by atoms with Crippen LogP contribution in [-0.4, -0.2) is 31.6 Å². The number of nitrogens with zero attached hydrogens (tertiary/aromatic N) is 1. The number of carbonyl (C=O) groups is 1. The number of halogens is 3. The van der Waals surface area contributed by atoms with Crippen molar-refractivity contribution in [2.75, 3.05) is 11.6 Å². The molecular weight excluding hydrogens is 580 g/mol. The molecule has 11 heteroatoms. The van der Waals surface area contributed by atoms with Crippen LogP contribution in [0.25, 0.3) is 11.3 Å². The van der Waals surface area contributed by atoms with Crippen LogP contribution in [-0.2, 0) is 21.2 Å². The summed E-state index contributed by atoms with van der Waals surface area (Å²) in [7, 11) is -3.69. The predicted octanol–water partition coefficient (Wildman–Crippen LogP) is 4.82. The standard InChI is InChI=1S/C19H16Cl2IN3O3S2/c1-30(27,28)25-18(26)16(8-11-2-5-13(22)6-3-11)23-19-24-17(10-29-19)12-4-7-14(20)15(21)9-12/h2-7,9-10,16H,8H2,1H3,(H,23,24)(H,25,26). The third-order valence-corrected chi connectivity index (χ3v) is 6.78. The lowest BCUT2D eigenvalue weighted by molar-refractivity contribution is -0.120. The Hall–Kier alpha value is -1.40. The monoisotopic (exact) mass is 595 g/mol. The molecule has 0 spiro atoms. The van der Waals surface area contributed by atoms with Gasteiger partial charge in [0.1, 0.15) is 6.04 Å². The van der Waals surface area contributed by atoms with Gasteiger partial charge in [-0.2, -0.15) is 0 Å². The molecule has 158 valence electrons. The van der Waals surface area contributed by atoms with E-state index in [1.165, 1.54) is 11.3 Å². The fourth-order valence-electron chi connectivity index (χ4n) is 2.60. The highest BCUT2D eigenvalue weighted by atomic mass is 127. The second-order valence-electron chi connectivity index (χ2n) is 6.43. The van der Waals surface area contributed by atoms with E-state index in [2.05, 4.69) is 32.9 Å². The van der Waals surface area contributed by atoms with Gasteiger partial charge < -0.3 is 5.32 Å². The molecule has 0 aliphatic carbocycles. The average Bonchev–Trinajstić information content (AvgIpc) is 3.12. The number of sulfonamides is 1. The zero-order chi connectivity index (χ0) is 21.9. The van der Waals surface area contributed by atoms with E-state index >= 15 is 0 Å². The summed E-state index contributed by atoms with van der Waals surface area (Å²) in [5.41, 5.74) is 2.33. The van der Waals surface area contributed by atoms with Crippen molar-refractivity contribution < 1.29 is 13.2 Å². The number of anilines is 1. The number of benzene rings is 2. The van der Waals surface area contributed by atoms with E-state index in [9.17, 15) is 13.2 Å². The maximum Gasteiger partial charge on any atom is 0.256 e. The Morgan fingerprint density at radius 3 is 2.50 bits per heavy atom. The third kappa shape index (κ3) is 6.55. The van der Waals surface area contributed by atoms with Crippen molar-refractivity contribution in [3.63, 3.8) is 0 Å². The number of hydrogen-bond donors (Lipinski definition) is 2. The van der Waals surface area contributed by atoms with Gasteiger partial charge in [-0.05, 0) is 52.4 Å². The van der Waals surface area contributed by atoms with Gasteiger partial charge in [0.2, 0.25) is 10.0 Å². The van der Waals surface area contributed by atoms with Crippen LogP contribution in [0.4, 0.5) is 5.13 Å². The minimum absolute atomic E-state index is 0.292. The summed E-state index contributed by atoms with van der Waals surface area (Å²) in [6, 6.07) is 12.0. The van der Waals surface area contributed by atoms with Gasteiger partial charge in [-0.25, -0.2) is 13.4 Å². The number of aromatic nitrogens is 1. The zero-order valence-electron chi connectivity index (χ0n) is 15.5. The molecule has 2 N–H and O–H groups in total. The van der Waals surface area contributed by atoms with Gasteiger partial charge in [0, 0.05) is 20.9 Å². The summed E-state index contributed by atoms with van der Waals surface area (Å²) >= 11 is 15.5. The fraction of sp³-hybridized carbons (Fsp3) is 0.158. The molecule has 3 aromatic rings. The lowest BCUT2D eigenvalue weighted by Gasteiger charge is -2.17. The summed E-state index contributed by atoms with van der Waals surface area (Å²) in [4.78, 5) is 17.1. The van der Waals surface area contributed by atoms with Crippen molar-refractivity contribution in [1.29, 1.82) is 0 Å². The highest BCUT2D eigenvalue weighted by molar-refractivity contribution is 14.1. The Morgan fingerprint density at radius 2 is 1.87 bits per heavy atom. The van der Waals surface area contributed by atoms with Crippen LogP contribution in [0.3, 0.4) is 0 Å². The molecule has 1 aromatic heterocycles. The summed E-state index contributed by atoms with van der Waals surface area (Å²) in [6.45, 7) is 0. The smallest absolute Gasteiger partial charge is 0.256 e. The molecule has 3 rings (SSSR count). The number of amides is 1. The lowest BCUT2D eigenvalue weighted by atomic mass is 10.1. The molecular formula is C19H16Cl2IN3O3S2. The summed E-state index contributed by atoms with van der Waals surface area (Å²) in [5.74, 6) is -0.651. The molecule has 0 saturated carbocycles. The average molecular weight is 596 g/mol. The molecule has 1 atom stereocenters. The first-order valence-corrected chi connectivity index (χ1v) is 13.1. The molecule has 1 unspecified atom stereocenters. The molecule has 1 amide bonds. The summed E-state index contributed by atoms with van der Waals surface area (Å²) in [5, 5.41) is 6.22. The zero-order valence-corrected chi connectivity index (χ0v) is 20.8. The van der Waals surface area contributed by atoms with Crippen LogP contribution in [0.2, 0.25) is 10.0 Å². The molecule has 0 bridgehead atoms.